The lowest BCUT2D eigenvalue weighted by atomic mass is 10.1. The molecule has 0 spiro atoms. The lowest BCUT2D eigenvalue weighted by Gasteiger charge is -2.10. The van der Waals surface area contributed by atoms with Crippen molar-refractivity contribution < 1.29 is 19.1 Å². The summed E-state index contributed by atoms with van der Waals surface area (Å²) in [6.45, 7) is 0.730. The number of carboxylic acid groups (broad SMARTS) is 1. The highest BCUT2D eigenvalue weighted by molar-refractivity contribution is 9.10. The van der Waals surface area contributed by atoms with Crippen LogP contribution in [0.1, 0.15) is 31.4 Å². The van der Waals surface area contributed by atoms with Crippen LogP contribution in [0.25, 0.3) is 11.3 Å². The predicted molar refractivity (Wildman–Crippen MR) is 150 cm³/mol. The van der Waals surface area contributed by atoms with Crippen molar-refractivity contribution in [1.82, 2.24) is 19.3 Å². The average molecular weight is 629 g/mol. The van der Waals surface area contributed by atoms with Crippen LogP contribution in [0.4, 0.5) is 5.82 Å². The summed E-state index contributed by atoms with van der Waals surface area (Å²) in [5.41, 5.74) is 1.15. The first-order chi connectivity index (χ1) is 18.8. The number of thiophene rings is 1. The molecular formula is C26H19BrClN5O5S. The molecule has 0 saturated heterocycles. The van der Waals surface area contributed by atoms with Crippen LogP contribution < -0.4 is 10.9 Å². The second kappa shape index (κ2) is 11.4. The van der Waals surface area contributed by atoms with Gasteiger partial charge in [-0.25, -0.2) is 9.78 Å². The summed E-state index contributed by atoms with van der Waals surface area (Å²) in [7, 11) is 0. The Morgan fingerprint density at radius 1 is 1.10 bits per heavy atom. The van der Waals surface area contributed by atoms with Crippen LogP contribution in [0.2, 0.25) is 4.34 Å². The number of halogens is 2. The maximum Gasteiger partial charge on any atom is 0.335 e. The summed E-state index contributed by atoms with van der Waals surface area (Å²) in [4.78, 5) is 42.2. The molecule has 0 atom stereocenters. The number of nitrogens with zero attached hydrogens (tertiary/aromatic N) is 4. The molecule has 0 aliphatic rings. The molecule has 0 amide bonds. The zero-order chi connectivity index (χ0) is 27.5. The zero-order valence-corrected chi connectivity index (χ0v) is 23.2. The summed E-state index contributed by atoms with van der Waals surface area (Å²) in [5.74, 6) is -0.494. The van der Waals surface area contributed by atoms with E-state index in [-0.39, 0.29) is 16.7 Å². The van der Waals surface area contributed by atoms with Gasteiger partial charge >= 0.3 is 5.97 Å². The van der Waals surface area contributed by atoms with Crippen LogP contribution in [-0.2, 0) is 19.5 Å². The molecule has 4 aromatic heterocycles. The number of carboxylic acids is 1. The second-order valence-electron chi connectivity index (χ2n) is 8.32. The summed E-state index contributed by atoms with van der Waals surface area (Å²) < 4.78 is 9.18. The molecule has 5 aromatic rings. The van der Waals surface area contributed by atoms with Crippen LogP contribution in [0.15, 0.2) is 81.0 Å². The van der Waals surface area contributed by atoms with E-state index in [2.05, 4.69) is 31.3 Å². The molecule has 198 valence electrons. The van der Waals surface area contributed by atoms with E-state index in [0.717, 1.165) is 4.88 Å². The largest absolute Gasteiger partial charge is 0.478 e. The van der Waals surface area contributed by atoms with Crippen molar-refractivity contribution in [2.24, 2.45) is 0 Å². The van der Waals surface area contributed by atoms with Gasteiger partial charge < -0.3 is 19.4 Å². The number of aromatic carboxylic acids is 1. The fourth-order valence-corrected chi connectivity index (χ4v) is 5.55. The fourth-order valence-electron chi connectivity index (χ4n) is 3.84. The highest BCUT2D eigenvalue weighted by Crippen LogP contribution is 2.30. The maximum atomic E-state index is 13.5. The Labute approximate surface area is 238 Å². The first-order valence-corrected chi connectivity index (χ1v) is 13.5. The number of aromatic nitrogens is 4. The molecule has 39 heavy (non-hydrogen) atoms. The molecule has 13 heteroatoms. The van der Waals surface area contributed by atoms with E-state index in [9.17, 15) is 19.5 Å². The number of hydrogen-bond acceptors (Lipinski definition) is 8. The number of pyridine rings is 1. The van der Waals surface area contributed by atoms with Gasteiger partial charge in [-0.15, -0.1) is 11.3 Å². The Hall–Kier alpha value is -4.00. The Morgan fingerprint density at radius 2 is 1.87 bits per heavy atom. The Morgan fingerprint density at radius 3 is 2.54 bits per heavy atom. The highest BCUT2D eigenvalue weighted by atomic mass is 79.9. The Bertz CT molecular complexity index is 1710. The summed E-state index contributed by atoms with van der Waals surface area (Å²) in [6, 6.07) is 14.1. The number of carbonyl (C=O) groups is 2. The fraction of sp³-hybridized carbons (Fsp3) is 0.115. The van der Waals surface area contributed by atoms with Crippen molar-refractivity contribution in [3.05, 3.63) is 108 Å². The minimum absolute atomic E-state index is 0.0668. The van der Waals surface area contributed by atoms with Crippen molar-refractivity contribution in [2.45, 2.75) is 19.5 Å². The topological polar surface area (TPSA) is 132 Å². The van der Waals surface area contributed by atoms with E-state index < -0.39 is 11.9 Å². The molecule has 2 N–H and O–H groups in total. The van der Waals surface area contributed by atoms with Crippen LogP contribution in [0.5, 0.6) is 0 Å². The smallest absolute Gasteiger partial charge is 0.335 e. The van der Waals surface area contributed by atoms with Gasteiger partial charge in [0.15, 0.2) is 6.39 Å². The number of oxazole rings is 1. The van der Waals surface area contributed by atoms with Crippen LogP contribution >= 0.6 is 38.9 Å². The predicted octanol–water partition coefficient (Wildman–Crippen LogP) is 5.42. The monoisotopic (exact) mass is 627 g/mol. The summed E-state index contributed by atoms with van der Waals surface area (Å²) >= 11 is 11.0. The Balaban J connectivity index is 1.51. The second-order valence-corrected chi connectivity index (χ2v) is 10.9. The van der Waals surface area contributed by atoms with E-state index in [0.29, 0.717) is 51.3 Å². The van der Waals surface area contributed by atoms with E-state index >= 15 is 0 Å². The normalized spacial score (nSPS) is 11.0. The number of aryl methyl sites for hydroxylation is 1. The van der Waals surface area contributed by atoms with E-state index in [1.54, 1.807) is 29.0 Å². The lowest BCUT2D eigenvalue weighted by molar-refractivity contribution is 0.0696. The standard InChI is InChI=1S/C26H19BrClN5O5S/c27-24-19(6-8-23(34)32(24)10-9-17-12-29-14-38-17)20-11-22(30-13-18-5-7-21(28)39-18)33(31-20)25(35)15-1-3-16(4-2-15)26(36)37/h1-8,11-12,14,30H,9-10,13H2,(H,36,37). The molecule has 0 aliphatic heterocycles. The van der Waals surface area contributed by atoms with Gasteiger partial charge in [0.2, 0.25) is 0 Å². The molecule has 10 nitrogen and oxygen atoms in total. The van der Waals surface area contributed by atoms with Crippen LogP contribution in [0.3, 0.4) is 0 Å². The van der Waals surface area contributed by atoms with Crippen molar-refractivity contribution >= 4 is 56.6 Å². The molecule has 0 bridgehead atoms. The molecule has 5 rings (SSSR count). The van der Waals surface area contributed by atoms with Gasteiger partial charge in [-0.05, 0) is 58.4 Å². The molecule has 1 aromatic carbocycles. The van der Waals surface area contributed by atoms with Gasteiger partial charge in [0, 0.05) is 41.1 Å². The van der Waals surface area contributed by atoms with Gasteiger partial charge in [0.05, 0.1) is 32.9 Å². The zero-order valence-electron chi connectivity index (χ0n) is 20.0. The lowest BCUT2D eigenvalue weighted by Crippen LogP contribution is -2.21. The minimum Gasteiger partial charge on any atom is -0.478 e. The number of hydrogen-bond donors (Lipinski definition) is 2. The van der Waals surface area contributed by atoms with Gasteiger partial charge in [-0.1, -0.05) is 11.6 Å². The first kappa shape index (κ1) is 26.6. The van der Waals surface area contributed by atoms with Crippen molar-refractivity contribution in [3.63, 3.8) is 0 Å². The van der Waals surface area contributed by atoms with Gasteiger partial charge in [0.1, 0.15) is 11.6 Å². The minimum atomic E-state index is -1.09. The van der Waals surface area contributed by atoms with E-state index in [1.807, 2.05) is 6.07 Å². The van der Waals surface area contributed by atoms with Crippen LogP contribution in [0, 0.1) is 0 Å². The number of nitrogens with one attached hydrogen (secondary N) is 1. The van der Waals surface area contributed by atoms with Gasteiger partial charge in [-0.2, -0.15) is 9.78 Å². The maximum absolute atomic E-state index is 13.5. The highest BCUT2D eigenvalue weighted by Gasteiger charge is 2.20. The molecule has 0 saturated carbocycles. The molecule has 0 radical (unpaired) electrons. The Kier molecular flexibility index (Phi) is 7.77. The summed E-state index contributed by atoms with van der Waals surface area (Å²) in [5, 5.41) is 17.0. The first-order valence-electron chi connectivity index (χ1n) is 11.5. The number of benzene rings is 1. The van der Waals surface area contributed by atoms with Gasteiger partial charge in [-0.3, -0.25) is 9.59 Å². The third-order valence-corrected chi connectivity index (χ3v) is 7.90. The number of rotatable bonds is 9. The van der Waals surface area contributed by atoms with Crippen molar-refractivity contribution in [1.29, 1.82) is 0 Å². The molecule has 0 fully saturated rings. The van der Waals surface area contributed by atoms with E-state index in [1.165, 1.54) is 52.7 Å². The average Bonchev–Trinajstić information content (AvgIpc) is 3.68. The van der Waals surface area contributed by atoms with Crippen molar-refractivity contribution in [3.8, 4) is 11.3 Å². The van der Waals surface area contributed by atoms with Gasteiger partial charge in [0.25, 0.3) is 11.5 Å². The summed E-state index contributed by atoms with van der Waals surface area (Å²) in [6.07, 6.45) is 3.39. The molecule has 0 aliphatic carbocycles. The number of carbonyl (C=O) groups excluding carboxylic acids is 1. The third kappa shape index (κ3) is 5.87. The SMILES string of the molecule is O=C(O)c1ccc(C(=O)n2nc(-c3ccc(=O)n(CCc4cnco4)c3Br)cc2NCc2ccc(Cl)s2)cc1. The van der Waals surface area contributed by atoms with Crippen molar-refractivity contribution in [2.75, 3.05) is 5.32 Å². The number of anilines is 1. The third-order valence-electron chi connectivity index (χ3n) is 5.81. The molecule has 4 heterocycles. The molecule has 0 unspecified atom stereocenters. The quantitative estimate of drug-likeness (QED) is 0.207. The van der Waals surface area contributed by atoms with E-state index in [4.69, 9.17) is 16.0 Å². The van der Waals surface area contributed by atoms with Crippen LogP contribution in [-0.4, -0.2) is 36.3 Å². The molecular weight excluding hydrogens is 610 g/mol.